The number of benzene rings is 1. The molecule has 7 nitrogen and oxygen atoms in total. The van der Waals surface area contributed by atoms with Gasteiger partial charge in [0, 0.05) is 37.2 Å². The van der Waals surface area contributed by atoms with E-state index in [1.807, 2.05) is 35.2 Å². The maximum Gasteiger partial charge on any atom is 0.261 e. The van der Waals surface area contributed by atoms with Gasteiger partial charge >= 0.3 is 0 Å². The van der Waals surface area contributed by atoms with Crippen LogP contribution in [0.1, 0.15) is 54.6 Å². The van der Waals surface area contributed by atoms with Crippen LogP contribution < -0.4 is 10.8 Å². The van der Waals surface area contributed by atoms with Crippen molar-refractivity contribution in [2.75, 3.05) is 19.6 Å². The summed E-state index contributed by atoms with van der Waals surface area (Å²) in [6.45, 7) is 2.00. The summed E-state index contributed by atoms with van der Waals surface area (Å²) in [6.07, 6.45) is 5.01. The van der Waals surface area contributed by atoms with E-state index in [0.717, 1.165) is 48.9 Å². The molecule has 0 unspecified atom stereocenters. The molecule has 0 bridgehead atoms. The van der Waals surface area contributed by atoms with Gasteiger partial charge in [-0.25, -0.2) is 5.48 Å². The van der Waals surface area contributed by atoms with E-state index in [-0.39, 0.29) is 17.7 Å². The van der Waals surface area contributed by atoms with Gasteiger partial charge in [0.05, 0.1) is 4.88 Å². The number of hydroxylamine groups is 1. The van der Waals surface area contributed by atoms with Crippen molar-refractivity contribution in [2.24, 2.45) is 5.92 Å². The van der Waals surface area contributed by atoms with Crippen LogP contribution in [0.3, 0.4) is 0 Å². The third kappa shape index (κ3) is 6.27. The SMILES string of the molecule is O=C(CCCC1CCN(C(=O)CCCNC(=O)c2cc3ccccc3s2)CC1)NO. The predicted octanol–water partition coefficient (Wildman–Crippen LogP) is 3.33. The van der Waals surface area contributed by atoms with Crippen LogP contribution in [-0.2, 0) is 9.59 Å². The Morgan fingerprint density at radius 1 is 1.10 bits per heavy atom. The number of piperidine rings is 1. The number of amides is 3. The van der Waals surface area contributed by atoms with Gasteiger partial charge in [0.25, 0.3) is 5.91 Å². The van der Waals surface area contributed by atoms with Gasteiger partial charge in [0.1, 0.15) is 0 Å². The van der Waals surface area contributed by atoms with Gasteiger partial charge in [0.2, 0.25) is 11.8 Å². The number of nitrogens with one attached hydrogen (secondary N) is 2. The summed E-state index contributed by atoms with van der Waals surface area (Å²) in [6, 6.07) is 9.83. The summed E-state index contributed by atoms with van der Waals surface area (Å²) in [5.74, 6) is 0.242. The van der Waals surface area contributed by atoms with E-state index in [4.69, 9.17) is 5.21 Å². The van der Waals surface area contributed by atoms with Gasteiger partial charge < -0.3 is 10.2 Å². The van der Waals surface area contributed by atoms with Gasteiger partial charge in [-0.2, -0.15) is 0 Å². The minimum Gasteiger partial charge on any atom is -0.351 e. The molecule has 8 heteroatoms. The number of thiophene rings is 1. The first-order valence-electron chi connectivity index (χ1n) is 10.5. The molecule has 1 saturated heterocycles. The Bertz CT molecular complexity index is 841. The number of rotatable bonds is 9. The fourth-order valence-electron chi connectivity index (χ4n) is 3.86. The Hall–Kier alpha value is -2.45. The Morgan fingerprint density at radius 2 is 1.87 bits per heavy atom. The van der Waals surface area contributed by atoms with Crippen LogP contribution in [-0.4, -0.2) is 47.5 Å². The molecule has 2 aromatic rings. The Balaban J connectivity index is 1.30. The summed E-state index contributed by atoms with van der Waals surface area (Å²) in [5, 5.41) is 12.5. The van der Waals surface area contributed by atoms with E-state index in [0.29, 0.717) is 36.6 Å². The van der Waals surface area contributed by atoms with Gasteiger partial charge in [-0.05, 0) is 55.5 Å². The van der Waals surface area contributed by atoms with Crippen LogP contribution in [0.2, 0.25) is 0 Å². The fourth-order valence-corrected chi connectivity index (χ4v) is 4.84. The second-order valence-corrected chi connectivity index (χ2v) is 8.84. The molecule has 3 rings (SSSR count). The molecule has 162 valence electrons. The molecule has 1 aliphatic rings. The third-order valence-corrected chi connectivity index (χ3v) is 6.73. The number of nitrogens with zero attached hydrogens (tertiary/aromatic N) is 1. The lowest BCUT2D eigenvalue weighted by atomic mass is 9.91. The number of fused-ring (bicyclic) bond motifs is 1. The normalized spacial score (nSPS) is 14.6. The van der Waals surface area contributed by atoms with Crippen LogP contribution in [0.4, 0.5) is 0 Å². The second kappa shape index (κ2) is 11.1. The number of carbonyl (C=O) groups is 3. The first-order chi connectivity index (χ1) is 14.6. The molecule has 1 aromatic heterocycles. The highest BCUT2D eigenvalue weighted by molar-refractivity contribution is 7.20. The first kappa shape index (κ1) is 22.2. The Kier molecular flexibility index (Phi) is 8.21. The van der Waals surface area contributed by atoms with Crippen molar-refractivity contribution < 1.29 is 19.6 Å². The average Bonchev–Trinajstić information content (AvgIpc) is 3.21. The molecule has 1 fully saturated rings. The maximum atomic E-state index is 12.4. The van der Waals surface area contributed by atoms with E-state index in [9.17, 15) is 14.4 Å². The van der Waals surface area contributed by atoms with Gasteiger partial charge in [-0.3, -0.25) is 19.6 Å². The molecule has 1 aromatic carbocycles. The highest BCUT2D eigenvalue weighted by Crippen LogP contribution is 2.25. The second-order valence-electron chi connectivity index (χ2n) is 7.76. The number of likely N-dealkylation sites (tertiary alicyclic amines) is 1. The van der Waals surface area contributed by atoms with E-state index < -0.39 is 0 Å². The lowest BCUT2D eigenvalue weighted by Crippen LogP contribution is -2.38. The summed E-state index contributed by atoms with van der Waals surface area (Å²) in [7, 11) is 0. The summed E-state index contributed by atoms with van der Waals surface area (Å²) >= 11 is 1.48. The van der Waals surface area contributed by atoms with Gasteiger partial charge in [-0.15, -0.1) is 11.3 Å². The smallest absolute Gasteiger partial charge is 0.261 e. The largest absolute Gasteiger partial charge is 0.351 e. The highest BCUT2D eigenvalue weighted by atomic mass is 32.1. The van der Waals surface area contributed by atoms with Crippen molar-refractivity contribution in [2.45, 2.75) is 44.9 Å². The van der Waals surface area contributed by atoms with Crippen molar-refractivity contribution in [3.05, 3.63) is 35.2 Å². The van der Waals surface area contributed by atoms with E-state index in [1.165, 1.54) is 11.3 Å². The fraction of sp³-hybridized carbons (Fsp3) is 0.500. The molecule has 1 aliphatic heterocycles. The minimum absolute atomic E-state index is 0.0839. The third-order valence-electron chi connectivity index (χ3n) is 5.61. The Labute approximate surface area is 180 Å². The molecule has 0 spiro atoms. The maximum absolute atomic E-state index is 12.4. The summed E-state index contributed by atoms with van der Waals surface area (Å²) in [4.78, 5) is 38.4. The molecule has 3 amide bonds. The van der Waals surface area contributed by atoms with Crippen LogP contribution >= 0.6 is 11.3 Å². The molecule has 0 saturated carbocycles. The van der Waals surface area contributed by atoms with Crippen molar-refractivity contribution in [3.8, 4) is 0 Å². The summed E-state index contributed by atoms with van der Waals surface area (Å²) < 4.78 is 1.10. The number of carbonyl (C=O) groups excluding carboxylic acids is 3. The Morgan fingerprint density at radius 3 is 2.60 bits per heavy atom. The van der Waals surface area contributed by atoms with E-state index in [2.05, 4.69) is 5.32 Å². The van der Waals surface area contributed by atoms with Gasteiger partial charge in [0.15, 0.2) is 0 Å². The summed E-state index contributed by atoms with van der Waals surface area (Å²) in [5.41, 5.74) is 1.65. The molecular weight excluding hydrogens is 402 g/mol. The molecule has 0 radical (unpaired) electrons. The van der Waals surface area contributed by atoms with Crippen molar-refractivity contribution >= 4 is 39.1 Å². The molecule has 3 N–H and O–H groups in total. The van der Waals surface area contributed by atoms with Crippen LogP contribution in [0, 0.1) is 5.92 Å². The first-order valence-corrected chi connectivity index (χ1v) is 11.4. The lowest BCUT2D eigenvalue weighted by molar-refractivity contribution is -0.132. The van der Waals surface area contributed by atoms with E-state index in [1.54, 1.807) is 5.48 Å². The number of hydrogen-bond acceptors (Lipinski definition) is 5. The van der Waals surface area contributed by atoms with Crippen LogP contribution in [0.15, 0.2) is 30.3 Å². The standard InChI is InChI=1S/C22H29N3O4S/c26-20(24-29)8-3-5-16-10-13-25(14-11-16)21(27)9-4-12-23-22(28)19-15-17-6-1-2-7-18(17)30-19/h1-2,6-7,15-16,29H,3-5,8-14H2,(H,23,28)(H,24,26). The molecule has 0 atom stereocenters. The molecule has 0 aliphatic carbocycles. The zero-order valence-corrected chi connectivity index (χ0v) is 17.9. The molecule has 2 heterocycles. The van der Waals surface area contributed by atoms with Crippen LogP contribution in [0.25, 0.3) is 10.1 Å². The van der Waals surface area contributed by atoms with Crippen LogP contribution in [0.5, 0.6) is 0 Å². The molecule has 30 heavy (non-hydrogen) atoms. The topological polar surface area (TPSA) is 98.7 Å². The quantitative estimate of drug-likeness (QED) is 0.322. The average molecular weight is 432 g/mol. The van der Waals surface area contributed by atoms with Gasteiger partial charge in [-0.1, -0.05) is 18.2 Å². The highest BCUT2D eigenvalue weighted by Gasteiger charge is 2.22. The zero-order chi connectivity index (χ0) is 21.3. The number of hydrogen-bond donors (Lipinski definition) is 3. The monoisotopic (exact) mass is 431 g/mol. The molecular formula is C22H29N3O4S. The van der Waals surface area contributed by atoms with E-state index >= 15 is 0 Å². The zero-order valence-electron chi connectivity index (χ0n) is 17.1. The predicted molar refractivity (Wildman–Crippen MR) is 116 cm³/mol. The van der Waals surface area contributed by atoms with Crippen molar-refractivity contribution in [3.63, 3.8) is 0 Å². The lowest BCUT2D eigenvalue weighted by Gasteiger charge is -2.32. The minimum atomic E-state index is -0.345. The van der Waals surface area contributed by atoms with Crippen molar-refractivity contribution in [1.29, 1.82) is 0 Å². The van der Waals surface area contributed by atoms with Crippen molar-refractivity contribution in [1.82, 2.24) is 15.7 Å².